The number of thioether (sulfide) groups is 1. The van der Waals surface area contributed by atoms with E-state index in [-0.39, 0.29) is 5.91 Å². The van der Waals surface area contributed by atoms with Crippen LogP contribution in [-0.2, 0) is 5.75 Å². The van der Waals surface area contributed by atoms with Crippen molar-refractivity contribution in [3.05, 3.63) is 35.4 Å². The number of hydrogen-bond donors (Lipinski definition) is 0. The summed E-state index contributed by atoms with van der Waals surface area (Å²) in [4.78, 5) is 25.8. The molecule has 0 spiro atoms. The maximum Gasteiger partial charge on any atom is 0.289 e. The van der Waals surface area contributed by atoms with Crippen LogP contribution in [0, 0.1) is 6.92 Å². The first-order valence-electron chi connectivity index (χ1n) is 9.30. The second-order valence-corrected chi connectivity index (χ2v) is 7.84. The van der Waals surface area contributed by atoms with E-state index in [4.69, 9.17) is 9.40 Å². The molecule has 0 atom stereocenters. The van der Waals surface area contributed by atoms with Crippen LogP contribution >= 0.6 is 11.8 Å². The molecule has 0 aliphatic carbocycles. The molecular weight excluding hydrogens is 348 g/mol. The van der Waals surface area contributed by atoms with Crippen molar-refractivity contribution < 1.29 is 9.21 Å². The number of hydrogen-bond acceptors (Lipinski definition) is 6. The lowest BCUT2D eigenvalue weighted by atomic mass is 10.4. The number of aryl methyl sites for hydroxylation is 1. The number of amides is 1. The van der Waals surface area contributed by atoms with Crippen molar-refractivity contribution in [3.63, 3.8) is 0 Å². The largest absolute Gasteiger partial charge is 0.455 e. The molecule has 2 aliphatic rings. The highest BCUT2D eigenvalue weighted by molar-refractivity contribution is 7.98. The van der Waals surface area contributed by atoms with Gasteiger partial charge in [-0.25, -0.2) is 9.97 Å². The van der Waals surface area contributed by atoms with E-state index in [1.54, 1.807) is 17.8 Å². The van der Waals surface area contributed by atoms with Gasteiger partial charge < -0.3 is 14.2 Å². The Morgan fingerprint density at radius 3 is 2.62 bits per heavy atom. The molecule has 0 unspecified atom stereocenters. The summed E-state index contributed by atoms with van der Waals surface area (Å²) < 4.78 is 5.76. The topological polar surface area (TPSA) is 62.5 Å². The molecule has 7 heteroatoms. The molecule has 2 aromatic rings. The number of anilines is 1. The van der Waals surface area contributed by atoms with E-state index in [0.717, 1.165) is 61.4 Å². The van der Waals surface area contributed by atoms with Gasteiger partial charge in [-0.2, -0.15) is 0 Å². The van der Waals surface area contributed by atoms with Gasteiger partial charge in [0.1, 0.15) is 11.6 Å². The van der Waals surface area contributed by atoms with Gasteiger partial charge in [-0.05, 0) is 44.7 Å². The first kappa shape index (κ1) is 17.4. The molecule has 2 aromatic heterocycles. The number of aromatic nitrogens is 2. The van der Waals surface area contributed by atoms with Gasteiger partial charge in [0.05, 0.1) is 5.75 Å². The fourth-order valence-electron chi connectivity index (χ4n) is 3.48. The molecule has 0 aromatic carbocycles. The SMILES string of the molecule is Cc1cc(N2CCCC2)nc(SCc2ccc(C(=O)N3CCCC3)o2)n1. The van der Waals surface area contributed by atoms with Crippen molar-refractivity contribution in [1.82, 2.24) is 14.9 Å². The molecule has 0 radical (unpaired) electrons. The average Bonchev–Trinajstić information content (AvgIpc) is 3.42. The van der Waals surface area contributed by atoms with Gasteiger partial charge in [-0.3, -0.25) is 4.79 Å². The number of carbonyl (C=O) groups excluding carboxylic acids is 1. The minimum absolute atomic E-state index is 0.00174. The van der Waals surface area contributed by atoms with Gasteiger partial charge >= 0.3 is 0 Å². The summed E-state index contributed by atoms with van der Waals surface area (Å²) >= 11 is 1.55. The smallest absolute Gasteiger partial charge is 0.289 e. The number of likely N-dealkylation sites (tertiary alicyclic amines) is 1. The van der Waals surface area contributed by atoms with Crippen LogP contribution in [-0.4, -0.2) is 47.0 Å². The van der Waals surface area contributed by atoms with E-state index in [1.165, 1.54) is 12.8 Å². The third kappa shape index (κ3) is 3.87. The first-order valence-corrected chi connectivity index (χ1v) is 10.3. The number of furan rings is 1. The Balaban J connectivity index is 1.40. The molecule has 1 amide bonds. The minimum Gasteiger partial charge on any atom is -0.455 e. The summed E-state index contributed by atoms with van der Waals surface area (Å²) in [6.45, 7) is 5.81. The Morgan fingerprint density at radius 1 is 1.12 bits per heavy atom. The number of carbonyl (C=O) groups is 1. The summed E-state index contributed by atoms with van der Waals surface area (Å²) in [6, 6.07) is 5.71. The molecule has 0 saturated carbocycles. The van der Waals surface area contributed by atoms with Crippen molar-refractivity contribution in [1.29, 1.82) is 0 Å². The fraction of sp³-hybridized carbons (Fsp3) is 0.526. The summed E-state index contributed by atoms with van der Waals surface area (Å²) in [5, 5.41) is 0.760. The molecule has 4 rings (SSSR count). The lowest BCUT2D eigenvalue weighted by Gasteiger charge is -2.17. The van der Waals surface area contributed by atoms with Crippen LogP contribution in [0.2, 0.25) is 0 Å². The molecule has 0 N–H and O–H groups in total. The lowest BCUT2D eigenvalue weighted by Crippen LogP contribution is -2.27. The highest BCUT2D eigenvalue weighted by Gasteiger charge is 2.22. The maximum absolute atomic E-state index is 12.4. The van der Waals surface area contributed by atoms with Gasteiger partial charge in [0, 0.05) is 37.9 Å². The quantitative estimate of drug-likeness (QED) is 0.591. The van der Waals surface area contributed by atoms with Crippen LogP contribution in [0.1, 0.15) is 47.7 Å². The predicted molar refractivity (Wildman–Crippen MR) is 102 cm³/mol. The number of rotatable bonds is 5. The Kier molecular flexibility index (Phi) is 5.15. The molecule has 0 bridgehead atoms. The molecule has 4 heterocycles. The Bertz CT molecular complexity index is 780. The Hall–Kier alpha value is -2.02. The van der Waals surface area contributed by atoms with E-state index in [9.17, 15) is 4.79 Å². The van der Waals surface area contributed by atoms with Crippen molar-refractivity contribution in [2.45, 2.75) is 43.5 Å². The molecule has 2 saturated heterocycles. The second kappa shape index (κ2) is 7.70. The van der Waals surface area contributed by atoms with Gasteiger partial charge in [-0.1, -0.05) is 11.8 Å². The Labute approximate surface area is 158 Å². The van der Waals surface area contributed by atoms with E-state index < -0.39 is 0 Å². The lowest BCUT2D eigenvalue weighted by molar-refractivity contribution is 0.0760. The minimum atomic E-state index is 0.00174. The predicted octanol–water partition coefficient (Wildman–Crippen LogP) is 3.51. The van der Waals surface area contributed by atoms with Crippen LogP contribution in [0.3, 0.4) is 0 Å². The van der Waals surface area contributed by atoms with Crippen LogP contribution in [0.15, 0.2) is 27.8 Å². The van der Waals surface area contributed by atoms with Crippen LogP contribution < -0.4 is 4.90 Å². The highest BCUT2D eigenvalue weighted by atomic mass is 32.2. The molecule has 2 fully saturated rings. The number of nitrogens with zero attached hydrogens (tertiary/aromatic N) is 4. The van der Waals surface area contributed by atoms with Crippen molar-refractivity contribution in [2.75, 3.05) is 31.1 Å². The van der Waals surface area contributed by atoms with Crippen molar-refractivity contribution in [3.8, 4) is 0 Å². The monoisotopic (exact) mass is 372 g/mol. The molecular formula is C19H24N4O2S. The maximum atomic E-state index is 12.4. The summed E-state index contributed by atoms with van der Waals surface area (Å²) in [6.07, 6.45) is 4.62. The van der Waals surface area contributed by atoms with Crippen LogP contribution in [0.5, 0.6) is 0 Å². The summed E-state index contributed by atoms with van der Waals surface area (Å²) in [5.74, 6) is 2.86. The van der Waals surface area contributed by atoms with E-state index in [0.29, 0.717) is 11.5 Å². The first-order chi connectivity index (χ1) is 12.7. The standard InChI is InChI=1S/C19H24N4O2S/c1-14-12-17(22-8-2-3-9-22)21-19(20-14)26-13-15-6-7-16(25-15)18(24)23-10-4-5-11-23/h6-7,12H,2-5,8-11,13H2,1H3. The zero-order chi connectivity index (χ0) is 17.9. The van der Waals surface area contributed by atoms with E-state index in [2.05, 4.69) is 16.0 Å². The third-order valence-electron chi connectivity index (χ3n) is 4.86. The summed E-state index contributed by atoms with van der Waals surface area (Å²) in [7, 11) is 0. The van der Waals surface area contributed by atoms with Crippen molar-refractivity contribution in [2.24, 2.45) is 0 Å². The van der Waals surface area contributed by atoms with Crippen LogP contribution in [0.25, 0.3) is 0 Å². The zero-order valence-corrected chi connectivity index (χ0v) is 15.9. The van der Waals surface area contributed by atoms with E-state index in [1.807, 2.05) is 17.9 Å². The molecule has 138 valence electrons. The van der Waals surface area contributed by atoms with Gasteiger partial charge in [0.2, 0.25) is 0 Å². The molecule has 26 heavy (non-hydrogen) atoms. The van der Waals surface area contributed by atoms with Crippen molar-refractivity contribution >= 4 is 23.5 Å². The highest BCUT2D eigenvalue weighted by Crippen LogP contribution is 2.26. The molecule has 2 aliphatic heterocycles. The van der Waals surface area contributed by atoms with Crippen LogP contribution in [0.4, 0.5) is 5.82 Å². The fourth-order valence-corrected chi connectivity index (χ4v) is 4.27. The second-order valence-electron chi connectivity index (χ2n) is 6.90. The molecule has 6 nitrogen and oxygen atoms in total. The van der Waals surface area contributed by atoms with Gasteiger partial charge in [0.15, 0.2) is 10.9 Å². The Morgan fingerprint density at radius 2 is 1.85 bits per heavy atom. The third-order valence-corrected chi connectivity index (χ3v) is 5.73. The van der Waals surface area contributed by atoms with E-state index >= 15 is 0 Å². The van der Waals surface area contributed by atoms with Gasteiger partial charge in [0.25, 0.3) is 5.91 Å². The van der Waals surface area contributed by atoms with Gasteiger partial charge in [-0.15, -0.1) is 0 Å². The zero-order valence-electron chi connectivity index (χ0n) is 15.1. The summed E-state index contributed by atoms with van der Waals surface area (Å²) in [5.41, 5.74) is 0.980. The average molecular weight is 372 g/mol. The normalized spacial score (nSPS) is 17.3.